The Morgan fingerprint density at radius 2 is 1.96 bits per heavy atom. The van der Waals surface area contributed by atoms with Crippen molar-refractivity contribution in [2.45, 2.75) is 17.3 Å². The maximum absolute atomic E-state index is 11.9. The predicted octanol–water partition coefficient (Wildman–Crippen LogP) is 2.03. The lowest BCUT2D eigenvalue weighted by atomic mass is 10.2. The molecular weight excluding hydrogens is 322 g/mol. The molecule has 2 rings (SSSR count). The Hall–Kier alpha value is -2.65. The predicted molar refractivity (Wildman–Crippen MR) is 86.1 cm³/mol. The maximum Gasteiger partial charge on any atom is 0.293 e. The van der Waals surface area contributed by atoms with E-state index in [-0.39, 0.29) is 10.6 Å². The number of nitrogens with one attached hydrogen (secondary N) is 1. The number of sulfone groups is 1. The Morgan fingerprint density at radius 1 is 1.26 bits per heavy atom. The average Bonchev–Trinajstić information content (AvgIpc) is 2.47. The number of rotatable bonds is 5. The van der Waals surface area contributed by atoms with Gasteiger partial charge < -0.3 is 16.2 Å². The summed E-state index contributed by atoms with van der Waals surface area (Å²) in [6.07, 6.45) is 0. The summed E-state index contributed by atoms with van der Waals surface area (Å²) in [6.45, 7) is 1.08. The normalized spacial score (nSPS) is 12.6. The molecule has 9 heteroatoms. The van der Waals surface area contributed by atoms with E-state index in [1.165, 1.54) is 12.1 Å². The number of benzene rings is 2. The first-order valence-electron chi connectivity index (χ1n) is 6.55. The van der Waals surface area contributed by atoms with Crippen molar-refractivity contribution in [3.05, 3.63) is 52.6 Å². The van der Waals surface area contributed by atoms with E-state index in [0.29, 0.717) is 11.4 Å². The molecule has 4 N–H and O–H groups in total. The minimum Gasteiger partial charge on any atom is -0.399 e. The van der Waals surface area contributed by atoms with Crippen molar-refractivity contribution in [1.82, 2.24) is 0 Å². The van der Waals surface area contributed by atoms with Crippen LogP contribution >= 0.6 is 0 Å². The van der Waals surface area contributed by atoms with E-state index in [9.17, 15) is 23.6 Å². The molecule has 2 aromatic carbocycles. The Balaban J connectivity index is 2.48. The summed E-state index contributed by atoms with van der Waals surface area (Å²) < 4.78 is 23.8. The first-order valence-corrected chi connectivity index (χ1v) is 8.09. The van der Waals surface area contributed by atoms with E-state index in [1.807, 2.05) is 0 Å². The molecule has 1 unspecified atom stereocenters. The lowest BCUT2D eigenvalue weighted by Crippen LogP contribution is -2.17. The van der Waals surface area contributed by atoms with Crippen LogP contribution in [0.15, 0.2) is 47.4 Å². The number of aliphatic hydroxyl groups excluding tert-OH is 1. The molecule has 0 aliphatic heterocycles. The van der Waals surface area contributed by atoms with Gasteiger partial charge in [0.15, 0.2) is 5.44 Å². The van der Waals surface area contributed by atoms with Crippen LogP contribution in [0.25, 0.3) is 0 Å². The second-order valence-electron chi connectivity index (χ2n) is 4.83. The third-order valence-electron chi connectivity index (χ3n) is 3.11. The third kappa shape index (κ3) is 3.58. The SMILES string of the molecule is CC(O)S(=O)(=O)c1ccc(Nc2cccc(N)c2)c([N+](=O)[O-])c1. The van der Waals surface area contributed by atoms with Gasteiger partial charge in [0.05, 0.1) is 9.82 Å². The molecule has 2 aromatic rings. The highest BCUT2D eigenvalue weighted by atomic mass is 32.2. The first kappa shape index (κ1) is 16.7. The number of hydrogen-bond acceptors (Lipinski definition) is 7. The van der Waals surface area contributed by atoms with E-state index in [1.54, 1.807) is 24.3 Å². The van der Waals surface area contributed by atoms with Crippen LogP contribution in [0, 0.1) is 10.1 Å². The molecule has 0 fully saturated rings. The second-order valence-corrected chi connectivity index (χ2v) is 7.07. The zero-order valence-corrected chi connectivity index (χ0v) is 12.9. The minimum atomic E-state index is -4.03. The van der Waals surface area contributed by atoms with Gasteiger partial charge in [0.25, 0.3) is 5.69 Å². The van der Waals surface area contributed by atoms with Crippen LogP contribution in [0.4, 0.5) is 22.7 Å². The number of nitro benzene ring substituents is 1. The molecule has 0 saturated heterocycles. The molecule has 0 aliphatic rings. The number of aliphatic hydroxyl groups is 1. The van der Waals surface area contributed by atoms with Gasteiger partial charge in [-0.1, -0.05) is 6.07 Å². The van der Waals surface area contributed by atoms with Crippen molar-refractivity contribution in [3.63, 3.8) is 0 Å². The van der Waals surface area contributed by atoms with Crippen molar-refractivity contribution in [1.29, 1.82) is 0 Å². The zero-order valence-electron chi connectivity index (χ0n) is 12.1. The summed E-state index contributed by atoms with van der Waals surface area (Å²) in [5.41, 5.74) is 4.68. The van der Waals surface area contributed by atoms with E-state index < -0.39 is 25.9 Å². The first-order chi connectivity index (χ1) is 10.7. The minimum absolute atomic E-state index is 0.116. The molecule has 0 radical (unpaired) electrons. The van der Waals surface area contributed by atoms with Crippen molar-refractivity contribution in [3.8, 4) is 0 Å². The highest BCUT2D eigenvalue weighted by Gasteiger charge is 2.25. The number of hydrogen-bond donors (Lipinski definition) is 3. The molecule has 0 spiro atoms. The van der Waals surface area contributed by atoms with Crippen LogP contribution in [0.3, 0.4) is 0 Å². The van der Waals surface area contributed by atoms with Crippen LogP contribution in [0.1, 0.15) is 6.92 Å². The second kappa shape index (κ2) is 6.23. The number of nitrogens with two attached hydrogens (primary N) is 1. The van der Waals surface area contributed by atoms with E-state index in [0.717, 1.165) is 13.0 Å². The Morgan fingerprint density at radius 3 is 2.52 bits per heavy atom. The van der Waals surface area contributed by atoms with Crippen LogP contribution in [0.5, 0.6) is 0 Å². The van der Waals surface area contributed by atoms with E-state index in [2.05, 4.69) is 5.32 Å². The summed E-state index contributed by atoms with van der Waals surface area (Å²) in [4.78, 5) is 10.2. The Kier molecular flexibility index (Phi) is 4.52. The summed E-state index contributed by atoms with van der Waals surface area (Å²) >= 11 is 0. The average molecular weight is 337 g/mol. The van der Waals surface area contributed by atoms with Gasteiger partial charge in [-0.2, -0.15) is 0 Å². The molecule has 0 aromatic heterocycles. The fourth-order valence-corrected chi connectivity index (χ4v) is 2.84. The molecule has 0 amide bonds. The Labute approximate surface area is 132 Å². The highest BCUT2D eigenvalue weighted by molar-refractivity contribution is 7.91. The molecule has 1 atom stereocenters. The van der Waals surface area contributed by atoms with Crippen LogP contribution in [0.2, 0.25) is 0 Å². The zero-order chi connectivity index (χ0) is 17.2. The molecule has 0 heterocycles. The van der Waals surface area contributed by atoms with Gasteiger partial charge in [-0.05, 0) is 37.3 Å². The molecule has 0 bridgehead atoms. The molecule has 0 saturated carbocycles. The van der Waals surface area contributed by atoms with Gasteiger partial charge in [-0.25, -0.2) is 8.42 Å². The lowest BCUT2D eigenvalue weighted by Gasteiger charge is -2.11. The highest BCUT2D eigenvalue weighted by Crippen LogP contribution is 2.31. The van der Waals surface area contributed by atoms with Gasteiger partial charge in [0, 0.05) is 17.4 Å². The van der Waals surface area contributed by atoms with Gasteiger partial charge in [-0.15, -0.1) is 0 Å². The largest absolute Gasteiger partial charge is 0.399 e. The number of anilines is 3. The molecular formula is C14H15N3O5S. The lowest BCUT2D eigenvalue weighted by molar-refractivity contribution is -0.384. The van der Waals surface area contributed by atoms with Crippen molar-refractivity contribution in [2.75, 3.05) is 11.1 Å². The maximum atomic E-state index is 11.9. The molecule has 23 heavy (non-hydrogen) atoms. The van der Waals surface area contributed by atoms with Crippen LogP contribution in [-0.2, 0) is 9.84 Å². The van der Waals surface area contributed by atoms with Gasteiger partial charge in [0.1, 0.15) is 5.69 Å². The summed E-state index contributed by atoms with van der Waals surface area (Å²) in [6, 6.07) is 9.98. The van der Waals surface area contributed by atoms with Crippen molar-refractivity contribution in [2.24, 2.45) is 0 Å². The van der Waals surface area contributed by atoms with Crippen LogP contribution in [-0.4, -0.2) is 23.9 Å². The molecule has 8 nitrogen and oxygen atoms in total. The quantitative estimate of drug-likeness (QED) is 0.431. The van der Waals surface area contributed by atoms with Gasteiger partial charge >= 0.3 is 0 Å². The smallest absolute Gasteiger partial charge is 0.293 e. The van der Waals surface area contributed by atoms with Gasteiger partial charge in [-0.3, -0.25) is 10.1 Å². The Bertz CT molecular complexity index is 849. The molecule has 122 valence electrons. The van der Waals surface area contributed by atoms with E-state index in [4.69, 9.17) is 5.73 Å². The van der Waals surface area contributed by atoms with Crippen LogP contribution < -0.4 is 11.1 Å². The van der Waals surface area contributed by atoms with Crippen molar-refractivity contribution < 1.29 is 18.4 Å². The van der Waals surface area contributed by atoms with Crippen molar-refractivity contribution >= 4 is 32.6 Å². The summed E-state index contributed by atoms with van der Waals surface area (Å²) in [5, 5.41) is 23.3. The summed E-state index contributed by atoms with van der Waals surface area (Å²) in [7, 11) is -4.03. The number of nitrogens with zero attached hydrogens (tertiary/aromatic N) is 1. The standard InChI is InChI=1S/C14H15N3O5S/c1-9(18)23(21,22)12-5-6-13(14(8-12)17(19)20)16-11-4-2-3-10(15)7-11/h2-9,16,18H,15H2,1H3. The number of nitrogen functional groups attached to an aromatic ring is 1. The third-order valence-corrected chi connectivity index (χ3v) is 4.92. The topological polar surface area (TPSA) is 136 Å². The monoisotopic (exact) mass is 337 g/mol. The number of nitro groups is 1. The van der Waals surface area contributed by atoms with E-state index >= 15 is 0 Å². The fraction of sp³-hybridized carbons (Fsp3) is 0.143. The van der Waals surface area contributed by atoms with Gasteiger partial charge in [0.2, 0.25) is 9.84 Å². The molecule has 0 aliphatic carbocycles. The summed E-state index contributed by atoms with van der Waals surface area (Å²) in [5.74, 6) is 0. The fourth-order valence-electron chi connectivity index (χ4n) is 1.91.